The van der Waals surface area contributed by atoms with Crippen LogP contribution in [-0.2, 0) is 11.4 Å². The van der Waals surface area contributed by atoms with E-state index < -0.39 is 0 Å². The van der Waals surface area contributed by atoms with Crippen molar-refractivity contribution in [2.45, 2.75) is 19.4 Å². The van der Waals surface area contributed by atoms with Crippen molar-refractivity contribution in [3.05, 3.63) is 119 Å². The number of carbonyl (C=O) groups excluding carboxylic acids is 1. The summed E-state index contributed by atoms with van der Waals surface area (Å²) in [4.78, 5) is 21.9. The second-order valence-corrected chi connectivity index (χ2v) is 11.1. The second kappa shape index (κ2) is 14.4. The fourth-order valence-electron chi connectivity index (χ4n) is 5.17. The van der Waals surface area contributed by atoms with E-state index in [0.717, 1.165) is 37.1 Å². The van der Waals surface area contributed by atoms with Gasteiger partial charge in [-0.2, -0.15) is 10.5 Å². The lowest BCUT2D eigenvalue weighted by Gasteiger charge is -2.18. The topological polar surface area (TPSA) is 145 Å². The average molecular weight is 642 g/mol. The maximum absolute atomic E-state index is 13.3. The molecule has 0 unspecified atom stereocenters. The van der Waals surface area contributed by atoms with Crippen LogP contribution in [0.3, 0.4) is 0 Å². The first kappa shape index (κ1) is 31.1. The van der Waals surface area contributed by atoms with Crippen molar-refractivity contribution < 1.29 is 14.3 Å². The summed E-state index contributed by atoms with van der Waals surface area (Å²) < 4.78 is 12.1. The minimum absolute atomic E-state index is 0.238. The number of nitrogens with one attached hydrogen (secondary N) is 3. The van der Waals surface area contributed by atoms with Gasteiger partial charge in [0.15, 0.2) is 5.75 Å². The van der Waals surface area contributed by atoms with Gasteiger partial charge >= 0.3 is 0 Å². The first-order chi connectivity index (χ1) is 23.0. The van der Waals surface area contributed by atoms with Crippen molar-refractivity contribution in [3.8, 4) is 29.4 Å². The molecule has 3 heterocycles. The Bertz CT molecular complexity index is 2060. The van der Waals surface area contributed by atoms with Gasteiger partial charge in [0.2, 0.25) is 5.91 Å². The quantitative estimate of drug-likeness (QED) is 0.140. The number of amides is 1. The number of rotatable bonds is 9. The van der Waals surface area contributed by atoms with E-state index in [1.54, 1.807) is 79.1 Å². The van der Waals surface area contributed by atoms with Crippen LogP contribution in [0.2, 0.25) is 5.02 Å². The number of hydrogen-bond acceptors (Lipinski definition) is 9. The van der Waals surface area contributed by atoms with Crippen LogP contribution >= 0.6 is 11.6 Å². The molecule has 6 rings (SSSR count). The molecule has 1 aliphatic rings. The number of nitrogens with zero attached hydrogens (tertiary/aromatic N) is 4. The highest BCUT2D eigenvalue weighted by molar-refractivity contribution is 6.32. The number of piperidine rings is 1. The van der Waals surface area contributed by atoms with Gasteiger partial charge in [-0.05, 0) is 86.1 Å². The van der Waals surface area contributed by atoms with E-state index in [-0.39, 0.29) is 12.5 Å². The lowest BCUT2D eigenvalue weighted by atomic mass is 10.0. The van der Waals surface area contributed by atoms with Crippen LogP contribution in [-0.4, -0.2) is 29.0 Å². The summed E-state index contributed by atoms with van der Waals surface area (Å²) in [6.07, 6.45) is 7.90. The summed E-state index contributed by atoms with van der Waals surface area (Å²) in [6.45, 7) is 1.89. The number of hydrogen-bond donors (Lipinski definition) is 3. The molecule has 232 valence electrons. The summed E-state index contributed by atoms with van der Waals surface area (Å²) >= 11 is 6.60. The van der Waals surface area contributed by atoms with E-state index in [9.17, 15) is 10.1 Å². The predicted octanol–water partition coefficient (Wildman–Crippen LogP) is 7.39. The van der Waals surface area contributed by atoms with Gasteiger partial charge in [-0.3, -0.25) is 14.8 Å². The average Bonchev–Trinajstić information content (AvgIpc) is 3.10. The van der Waals surface area contributed by atoms with Crippen molar-refractivity contribution in [1.82, 2.24) is 15.3 Å². The van der Waals surface area contributed by atoms with Gasteiger partial charge in [0, 0.05) is 35.7 Å². The molecule has 47 heavy (non-hydrogen) atoms. The molecule has 1 fully saturated rings. The minimum atomic E-state index is -0.295. The molecule has 11 heteroatoms. The number of fused-ring (bicyclic) bond motifs is 1. The largest absolute Gasteiger partial charge is 0.487 e. The molecule has 1 aliphatic heterocycles. The molecule has 5 aromatic rings. The second-order valence-electron chi connectivity index (χ2n) is 10.7. The molecule has 1 amide bonds. The van der Waals surface area contributed by atoms with Crippen molar-refractivity contribution in [2.24, 2.45) is 0 Å². The number of anilines is 3. The zero-order valence-electron chi connectivity index (χ0n) is 25.1. The lowest BCUT2D eigenvalue weighted by Crippen LogP contribution is -2.24. The van der Waals surface area contributed by atoms with Crippen LogP contribution in [0.5, 0.6) is 17.2 Å². The molecule has 0 saturated carbocycles. The van der Waals surface area contributed by atoms with Gasteiger partial charge < -0.3 is 25.4 Å². The predicted molar refractivity (Wildman–Crippen MR) is 180 cm³/mol. The Labute approximate surface area is 276 Å². The molecule has 10 nitrogen and oxygen atoms in total. The number of ether oxygens (including phenoxy) is 2. The third-order valence-electron chi connectivity index (χ3n) is 7.48. The monoisotopic (exact) mass is 641 g/mol. The Morgan fingerprint density at radius 3 is 2.55 bits per heavy atom. The summed E-state index contributed by atoms with van der Waals surface area (Å²) in [6, 6.07) is 23.7. The van der Waals surface area contributed by atoms with E-state index in [1.165, 1.54) is 6.20 Å². The molecule has 0 spiro atoms. The maximum atomic E-state index is 13.3. The van der Waals surface area contributed by atoms with E-state index in [1.807, 2.05) is 6.07 Å². The molecular weight excluding hydrogens is 614 g/mol. The van der Waals surface area contributed by atoms with Gasteiger partial charge in [0.1, 0.15) is 29.9 Å². The van der Waals surface area contributed by atoms with Crippen LogP contribution < -0.4 is 25.4 Å². The number of halogens is 1. The van der Waals surface area contributed by atoms with Gasteiger partial charge in [-0.1, -0.05) is 29.3 Å². The molecular formula is C36H28ClN7O3. The van der Waals surface area contributed by atoms with Crippen molar-refractivity contribution in [1.29, 1.82) is 10.5 Å². The van der Waals surface area contributed by atoms with Crippen LogP contribution in [0, 0.1) is 22.7 Å². The molecule has 0 aliphatic carbocycles. The fourth-order valence-corrected chi connectivity index (χ4v) is 5.41. The standard InChI is InChI=1S/C36H28ClN7O3/c37-30-18-27(4-6-31(30)46-22-25-3-1-2-24(16-25)19-38)43-34-26(20-39)21-42-35-29(34)5-7-32(47-28-10-14-41-15-11-28)36(35)44-33(45)17-23-8-12-40-13-9-23/h1-7,10-11,14-18,21,40H,8-9,12-13,22H2,(H,42,43)(H,44,45). The zero-order chi connectivity index (χ0) is 32.6. The van der Waals surface area contributed by atoms with E-state index in [2.05, 4.69) is 38.1 Å². The third-order valence-corrected chi connectivity index (χ3v) is 7.78. The highest BCUT2D eigenvalue weighted by atomic mass is 35.5. The van der Waals surface area contributed by atoms with Crippen LogP contribution in [0.4, 0.5) is 17.1 Å². The summed E-state index contributed by atoms with van der Waals surface area (Å²) in [5.74, 6) is 1.09. The molecule has 2 aromatic heterocycles. The van der Waals surface area contributed by atoms with E-state index in [0.29, 0.717) is 61.4 Å². The van der Waals surface area contributed by atoms with Gasteiger partial charge in [-0.25, -0.2) is 0 Å². The number of carbonyl (C=O) groups is 1. The fraction of sp³-hybridized carbons (Fsp3) is 0.139. The summed E-state index contributed by atoms with van der Waals surface area (Å²) in [7, 11) is 0. The summed E-state index contributed by atoms with van der Waals surface area (Å²) in [5, 5.41) is 29.7. The van der Waals surface area contributed by atoms with Gasteiger partial charge in [-0.15, -0.1) is 0 Å². The van der Waals surface area contributed by atoms with Crippen LogP contribution in [0.25, 0.3) is 10.9 Å². The lowest BCUT2D eigenvalue weighted by molar-refractivity contribution is -0.112. The molecule has 0 bridgehead atoms. The highest BCUT2D eigenvalue weighted by Gasteiger charge is 2.19. The Hall–Kier alpha value is -5.94. The minimum Gasteiger partial charge on any atom is -0.487 e. The van der Waals surface area contributed by atoms with Crippen molar-refractivity contribution in [3.63, 3.8) is 0 Å². The van der Waals surface area contributed by atoms with Crippen molar-refractivity contribution >= 4 is 45.5 Å². The Kier molecular flexibility index (Phi) is 9.54. The molecule has 3 aromatic carbocycles. The SMILES string of the molecule is N#Cc1cccc(COc2ccc(Nc3c(C#N)cnc4c(NC(=O)C=C5CCNCC5)c(Oc5ccncc5)ccc34)cc2Cl)c1. The summed E-state index contributed by atoms with van der Waals surface area (Å²) in [5.41, 5.74) is 4.63. The zero-order valence-corrected chi connectivity index (χ0v) is 25.8. The first-order valence-corrected chi connectivity index (χ1v) is 15.2. The molecule has 0 atom stereocenters. The van der Waals surface area contributed by atoms with E-state index in [4.69, 9.17) is 26.3 Å². The normalized spacial score (nSPS) is 12.4. The Morgan fingerprint density at radius 2 is 1.79 bits per heavy atom. The number of pyridine rings is 2. The molecule has 0 radical (unpaired) electrons. The van der Waals surface area contributed by atoms with E-state index >= 15 is 0 Å². The number of benzene rings is 3. The van der Waals surface area contributed by atoms with Crippen LogP contribution in [0.15, 0.2) is 97.0 Å². The van der Waals surface area contributed by atoms with Crippen LogP contribution in [0.1, 0.15) is 29.5 Å². The molecule has 3 N–H and O–H groups in total. The number of aromatic nitrogens is 2. The Balaban J connectivity index is 1.32. The molecule has 1 saturated heterocycles. The van der Waals surface area contributed by atoms with Gasteiger partial charge in [0.25, 0.3) is 0 Å². The van der Waals surface area contributed by atoms with Crippen molar-refractivity contribution in [2.75, 3.05) is 23.7 Å². The third kappa shape index (κ3) is 7.48. The highest BCUT2D eigenvalue weighted by Crippen LogP contribution is 2.40. The first-order valence-electron chi connectivity index (χ1n) is 14.8. The smallest absolute Gasteiger partial charge is 0.248 e. The number of nitriles is 2. The maximum Gasteiger partial charge on any atom is 0.248 e. The Morgan fingerprint density at radius 1 is 0.979 bits per heavy atom. The van der Waals surface area contributed by atoms with Gasteiger partial charge in [0.05, 0.1) is 33.4 Å².